The van der Waals surface area contributed by atoms with Crippen molar-refractivity contribution < 1.29 is 27.1 Å². The van der Waals surface area contributed by atoms with Crippen LogP contribution in [0.3, 0.4) is 0 Å². The number of benzene rings is 1. The number of aliphatic imine (C=N–C) groups is 1. The van der Waals surface area contributed by atoms with Crippen molar-refractivity contribution >= 4 is 38.7 Å². The van der Waals surface area contributed by atoms with Gasteiger partial charge in [0.05, 0.1) is 18.7 Å². The van der Waals surface area contributed by atoms with E-state index in [2.05, 4.69) is 5.32 Å². The fourth-order valence-corrected chi connectivity index (χ4v) is 7.68. The number of hydrogen-bond donors (Lipinski definition) is 1. The second kappa shape index (κ2) is 10.3. The molecular weight excluding hydrogens is 535 g/mol. The monoisotopic (exact) mass is 572 g/mol. The predicted octanol–water partition coefficient (Wildman–Crippen LogP) is 4.18. The Labute approximate surface area is 234 Å². The van der Waals surface area contributed by atoms with Crippen LogP contribution in [0.1, 0.15) is 64.4 Å². The zero-order valence-corrected chi connectivity index (χ0v) is 23.9. The van der Waals surface area contributed by atoms with Crippen molar-refractivity contribution in [2.24, 2.45) is 10.9 Å². The van der Waals surface area contributed by atoms with Gasteiger partial charge in [-0.3, -0.25) is 9.79 Å². The zero-order chi connectivity index (χ0) is 28.1. The molecule has 1 unspecified atom stereocenters. The molecule has 6 rings (SSSR count). The number of ether oxygens (including phenoxy) is 2. The Hall–Kier alpha value is -2.60. The molecule has 0 bridgehead atoms. The Morgan fingerprint density at radius 3 is 2.62 bits per heavy atom. The number of fused-ring (bicyclic) bond motifs is 1. The second-order valence-electron chi connectivity index (χ2n) is 11.9. The van der Waals surface area contributed by atoms with Crippen LogP contribution in [0.5, 0.6) is 0 Å². The van der Waals surface area contributed by atoms with Crippen molar-refractivity contribution in [3.63, 3.8) is 0 Å². The molecule has 1 aromatic carbocycles. The van der Waals surface area contributed by atoms with E-state index in [9.17, 15) is 13.2 Å². The van der Waals surface area contributed by atoms with Gasteiger partial charge in [0, 0.05) is 36.0 Å². The molecule has 11 heteroatoms. The molecule has 4 aliphatic rings. The number of hydrogen-bond acceptors (Lipinski definition) is 6. The molecule has 4 heterocycles. The highest BCUT2D eigenvalue weighted by molar-refractivity contribution is 7.92. The van der Waals surface area contributed by atoms with Crippen LogP contribution in [-0.2, 0) is 30.8 Å². The van der Waals surface area contributed by atoms with Gasteiger partial charge >= 0.3 is 0 Å². The lowest BCUT2D eigenvalue weighted by Crippen LogP contribution is -2.50. The van der Waals surface area contributed by atoms with Gasteiger partial charge in [0.15, 0.2) is 5.79 Å². The minimum Gasteiger partial charge on any atom is -0.348 e. The topological polar surface area (TPSA) is 102 Å². The number of carbonyl (C=O) groups excluding carboxylic acids is 1. The number of nitrogens with one attached hydrogen (secondary N) is 1. The van der Waals surface area contributed by atoms with Crippen molar-refractivity contribution in [1.82, 2.24) is 14.2 Å². The smallest absolute Gasteiger partial charge is 0.253 e. The van der Waals surface area contributed by atoms with Gasteiger partial charge in [-0.2, -0.15) is 4.31 Å². The van der Waals surface area contributed by atoms with E-state index in [0.717, 1.165) is 36.9 Å². The molecular formula is C29H37FN4O5S. The first-order chi connectivity index (χ1) is 19.1. The van der Waals surface area contributed by atoms with E-state index in [1.54, 1.807) is 16.7 Å². The van der Waals surface area contributed by atoms with E-state index < -0.39 is 27.2 Å². The fraction of sp³-hybridized carbons (Fsp3) is 0.586. The number of amidine groups is 1. The van der Waals surface area contributed by atoms with Gasteiger partial charge in [-0.05, 0) is 57.2 Å². The second-order valence-corrected chi connectivity index (χ2v) is 13.7. The quantitative estimate of drug-likeness (QED) is 0.560. The standard InChI is InChI=1S/C29H37FN4O5S/c1-28(2)38-19-22(39-28)17-33-18-23(30)25-20(9-6-10-24(25)33)11-16-40(36,37)34-14-12-29(13-15-34)27(35)31-26(32-29)21-7-4-3-5-8-21/h6,9-11,16,18,21-22H,3-5,7-8,12-15,17,19H2,1-2H3,(H,31,32,35). The first-order valence-corrected chi connectivity index (χ1v) is 15.7. The molecule has 40 heavy (non-hydrogen) atoms. The number of amides is 1. The lowest BCUT2D eigenvalue weighted by molar-refractivity contribution is -0.139. The van der Waals surface area contributed by atoms with E-state index in [1.165, 1.54) is 23.0 Å². The molecule has 3 aliphatic heterocycles. The fourth-order valence-electron chi connectivity index (χ4n) is 6.50. The summed E-state index contributed by atoms with van der Waals surface area (Å²) in [7, 11) is -3.78. The Morgan fingerprint density at radius 1 is 1.18 bits per heavy atom. The number of halogens is 1. The third kappa shape index (κ3) is 5.24. The van der Waals surface area contributed by atoms with E-state index in [0.29, 0.717) is 48.4 Å². The summed E-state index contributed by atoms with van der Waals surface area (Å²) in [4.78, 5) is 17.8. The highest BCUT2D eigenvalue weighted by atomic mass is 32.2. The van der Waals surface area contributed by atoms with Crippen molar-refractivity contribution in [3.05, 3.63) is 41.2 Å². The molecule has 1 aromatic heterocycles. The van der Waals surface area contributed by atoms with Crippen LogP contribution in [0, 0.1) is 11.7 Å². The van der Waals surface area contributed by atoms with Crippen molar-refractivity contribution in [3.8, 4) is 0 Å². The number of rotatable bonds is 6. The maximum absolute atomic E-state index is 15.1. The molecule has 1 aliphatic carbocycles. The minimum absolute atomic E-state index is 0.106. The number of nitrogens with zero attached hydrogens (tertiary/aromatic N) is 3. The molecule has 1 saturated carbocycles. The predicted molar refractivity (Wildman–Crippen MR) is 150 cm³/mol. The summed E-state index contributed by atoms with van der Waals surface area (Å²) < 4.78 is 56.3. The molecule has 9 nitrogen and oxygen atoms in total. The molecule has 2 saturated heterocycles. The largest absolute Gasteiger partial charge is 0.348 e. The number of aromatic nitrogens is 1. The van der Waals surface area contributed by atoms with Crippen molar-refractivity contribution in [2.45, 2.75) is 82.8 Å². The minimum atomic E-state index is -3.78. The lowest BCUT2D eigenvalue weighted by atomic mass is 9.88. The highest BCUT2D eigenvalue weighted by Crippen LogP contribution is 2.35. The third-order valence-electron chi connectivity index (χ3n) is 8.68. The summed E-state index contributed by atoms with van der Waals surface area (Å²) in [6.45, 7) is 4.93. The van der Waals surface area contributed by atoms with Gasteiger partial charge in [-0.15, -0.1) is 0 Å². The van der Waals surface area contributed by atoms with E-state index in [4.69, 9.17) is 14.5 Å². The van der Waals surface area contributed by atoms with Crippen LogP contribution in [0.15, 0.2) is 34.8 Å². The van der Waals surface area contributed by atoms with Gasteiger partial charge in [-0.1, -0.05) is 31.4 Å². The molecule has 2 aromatic rings. The summed E-state index contributed by atoms with van der Waals surface area (Å²) in [6, 6.07) is 5.30. The number of piperidine rings is 1. The number of carbonyl (C=O) groups is 1. The SMILES string of the molecule is CC1(C)OCC(Cn2cc(F)c3c(C=CS(=O)(=O)N4CCC5(CC4)N=C(C4CCCCC4)NC5=O)cccc32)O1. The van der Waals surface area contributed by atoms with Crippen LogP contribution < -0.4 is 5.32 Å². The van der Waals surface area contributed by atoms with Crippen molar-refractivity contribution in [2.75, 3.05) is 19.7 Å². The van der Waals surface area contributed by atoms with Crippen molar-refractivity contribution in [1.29, 1.82) is 0 Å². The Morgan fingerprint density at radius 2 is 1.93 bits per heavy atom. The van der Waals surface area contributed by atoms with Gasteiger partial charge in [0.1, 0.15) is 23.3 Å². The maximum Gasteiger partial charge on any atom is 0.253 e. The first-order valence-electron chi connectivity index (χ1n) is 14.2. The maximum atomic E-state index is 15.1. The summed E-state index contributed by atoms with van der Waals surface area (Å²) in [6.07, 6.45) is 8.95. The van der Waals surface area contributed by atoms with E-state index in [1.807, 2.05) is 19.9 Å². The summed E-state index contributed by atoms with van der Waals surface area (Å²) >= 11 is 0. The average molecular weight is 573 g/mol. The van der Waals surface area contributed by atoms with Gasteiger partial charge < -0.3 is 19.4 Å². The Balaban J connectivity index is 1.15. The zero-order valence-electron chi connectivity index (χ0n) is 23.1. The van der Waals surface area contributed by atoms with Crippen LogP contribution in [-0.4, -0.2) is 66.2 Å². The molecule has 0 radical (unpaired) electrons. The summed E-state index contributed by atoms with van der Waals surface area (Å²) in [5.41, 5.74) is 0.263. The third-order valence-corrected chi connectivity index (χ3v) is 10.2. The van der Waals surface area contributed by atoms with Gasteiger partial charge in [-0.25, -0.2) is 12.8 Å². The molecule has 3 fully saturated rings. The molecule has 1 spiro atoms. The first kappa shape index (κ1) is 27.6. The van der Waals surface area contributed by atoms with Crippen LogP contribution in [0.4, 0.5) is 4.39 Å². The lowest BCUT2D eigenvalue weighted by Gasteiger charge is -2.34. The summed E-state index contributed by atoms with van der Waals surface area (Å²) in [5.74, 6) is -0.118. The molecule has 1 amide bonds. The number of sulfonamides is 1. The van der Waals surface area contributed by atoms with Gasteiger partial charge in [0.25, 0.3) is 5.91 Å². The van der Waals surface area contributed by atoms with Crippen LogP contribution >= 0.6 is 0 Å². The molecule has 1 atom stereocenters. The van der Waals surface area contributed by atoms with E-state index in [-0.39, 0.29) is 25.1 Å². The van der Waals surface area contributed by atoms with Crippen LogP contribution in [0.2, 0.25) is 0 Å². The molecule has 1 N–H and O–H groups in total. The Kier molecular flexibility index (Phi) is 7.13. The van der Waals surface area contributed by atoms with Crippen LogP contribution in [0.25, 0.3) is 17.0 Å². The van der Waals surface area contributed by atoms with Gasteiger partial charge in [0.2, 0.25) is 10.0 Å². The van der Waals surface area contributed by atoms with E-state index >= 15 is 4.39 Å². The summed E-state index contributed by atoms with van der Waals surface area (Å²) in [5, 5.41) is 4.51. The normalized spacial score (nSPS) is 25.7. The molecule has 216 valence electrons. The highest BCUT2D eigenvalue weighted by Gasteiger charge is 2.48. The average Bonchev–Trinajstić information content (AvgIpc) is 3.56. The Bertz CT molecular complexity index is 1470.